The number of nitrogens with zero attached hydrogens (tertiary/aromatic N) is 3. The fourth-order valence-corrected chi connectivity index (χ4v) is 2.77. The molecule has 7 nitrogen and oxygen atoms in total. The first-order valence-corrected chi connectivity index (χ1v) is 9.14. The molecule has 0 fully saturated rings. The van der Waals surface area contributed by atoms with Crippen LogP contribution in [0.3, 0.4) is 0 Å². The van der Waals surface area contributed by atoms with Crippen LogP contribution in [0.25, 0.3) is 0 Å². The van der Waals surface area contributed by atoms with Crippen LogP contribution in [0.2, 0.25) is 5.02 Å². The second-order valence-corrected chi connectivity index (χ2v) is 6.52. The first kappa shape index (κ1) is 19.7. The van der Waals surface area contributed by atoms with Crippen molar-refractivity contribution >= 4 is 29.1 Å². The molecule has 146 valence electrons. The molecule has 0 radical (unpaired) electrons. The predicted octanol–water partition coefficient (Wildman–Crippen LogP) is 4.25. The zero-order valence-corrected chi connectivity index (χ0v) is 16.7. The third-order valence-electron chi connectivity index (χ3n) is 4.16. The quantitative estimate of drug-likeness (QED) is 0.586. The molecule has 8 heteroatoms. The SMILES string of the molecule is COc1ccc(CCNc2nncc(Nc3cc(C)c(Cl)cc3OC)n2)cc1. The number of aryl methyl sites for hydroxylation is 1. The van der Waals surface area contributed by atoms with Gasteiger partial charge in [-0.15, -0.1) is 5.10 Å². The van der Waals surface area contributed by atoms with E-state index in [1.54, 1.807) is 26.5 Å². The van der Waals surface area contributed by atoms with E-state index in [1.165, 1.54) is 5.56 Å². The average molecular weight is 400 g/mol. The van der Waals surface area contributed by atoms with Gasteiger partial charge in [-0.2, -0.15) is 10.1 Å². The van der Waals surface area contributed by atoms with Crippen LogP contribution >= 0.6 is 11.6 Å². The van der Waals surface area contributed by atoms with E-state index in [-0.39, 0.29) is 0 Å². The topological polar surface area (TPSA) is 81.2 Å². The number of halogens is 1. The van der Waals surface area contributed by atoms with E-state index in [9.17, 15) is 0 Å². The van der Waals surface area contributed by atoms with Crippen molar-refractivity contribution in [2.75, 3.05) is 31.4 Å². The fraction of sp³-hybridized carbons (Fsp3) is 0.250. The van der Waals surface area contributed by atoms with Gasteiger partial charge in [0.2, 0.25) is 5.95 Å². The summed E-state index contributed by atoms with van der Waals surface area (Å²) in [6.45, 7) is 2.61. The van der Waals surface area contributed by atoms with Crippen LogP contribution in [-0.2, 0) is 6.42 Å². The van der Waals surface area contributed by atoms with Crippen molar-refractivity contribution < 1.29 is 9.47 Å². The van der Waals surface area contributed by atoms with E-state index in [4.69, 9.17) is 21.1 Å². The van der Waals surface area contributed by atoms with Gasteiger partial charge in [0.05, 0.1) is 26.1 Å². The molecule has 0 aliphatic carbocycles. The van der Waals surface area contributed by atoms with Gasteiger partial charge in [-0.05, 0) is 42.7 Å². The van der Waals surface area contributed by atoms with Gasteiger partial charge in [0.1, 0.15) is 11.5 Å². The Hall–Kier alpha value is -3.06. The standard InChI is InChI=1S/C20H22ClN5O2/c1-13-10-17(18(28-3)11-16(13)21)24-19-12-23-26-20(25-19)22-9-8-14-4-6-15(27-2)7-5-14/h4-7,10-12H,8-9H2,1-3H3,(H2,22,24,25,26). The van der Waals surface area contributed by atoms with Crippen molar-refractivity contribution in [3.05, 3.63) is 58.7 Å². The minimum atomic E-state index is 0.447. The van der Waals surface area contributed by atoms with Crippen molar-refractivity contribution in [3.8, 4) is 11.5 Å². The molecule has 2 aromatic carbocycles. The third kappa shape index (κ3) is 5.01. The van der Waals surface area contributed by atoms with E-state index < -0.39 is 0 Å². The van der Waals surface area contributed by atoms with Gasteiger partial charge in [-0.25, -0.2) is 0 Å². The highest BCUT2D eigenvalue weighted by Gasteiger charge is 2.09. The summed E-state index contributed by atoms with van der Waals surface area (Å²) in [6.07, 6.45) is 2.38. The third-order valence-corrected chi connectivity index (χ3v) is 4.57. The molecule has 0 saturated carbocycles. The zero-order valence-electron chi connectivity index (χ0n) is 16.0. The summed E-state index contributed by atoms with van der Waals surface area (Å²) in [5.74, 6) is 2.48. The number of nitrogens with one attached hydrogen (secondary N) is 2. The predicted molar refractivity (Wildman–Crippen MR) is 111 cm³/mol. The minimum Gasteiger partial charge on any atom is -0.497 e. The Morgan fingerprint density at radius 1 is 1.07 bits per heavy atom. The Kier molecular flexibility index (Phi) is 6.49. The summed E-state index contributed by atoms with van der Waals surface area (Å²) in [7, 11) is 3.25. The lowest BCUT2D eigenvalue weighted by molar-refractivity contribution is 0.414. The monoisotopic (exact) mass is 399 g/mol. The van der Waals surface area contributed by atoms with Crippen molar-refractivity contribution in [1.29, 1.82) is 0 Å². The molecule has 0 atom stereocenters. The second-order valence-electron chi connectivity index (χ2n) is 6.12. The van der Waals surface area contributed by atoms with Crippen LogP contribution in [0.1, 0.15) is 11.1 Å². The van der Waals surface area contributed by atoms with Crippen molar-refractivity contribution in [1.82, 2.24) is 15.2 Å². The highest BCUT2D eigenvalue weighted by molar-refractivity contribution is 6.31. The average Bonchev–Trinajstić information content (AvgIpc) is 2.71. The number of benzene rings is 2. The van der Waals surface area contributed by atoms with Gasteiger partial charge in [-0.3, -0.25) is 0 Å². The minimum absolute atomic E-state index is 0.447. The van der Waals surface area contributed by atoms with E-state index in [0.29, 0.717) is 29.1 Å². The van der Waals surface area contributed by atoms with Crippen LogP contribution in [0.4, 0.5) is 17.5 Å². The highest BCUT2D eigenvalue weighted by Crippen LogP contribution is 2.32. The molecule has 0 aliphatic heterocycles. The maximum atomic E-state index is 6.15. The smallest absolute Gasteiger partial charge is 0.244 e. The lowest BCUT2D eigenvalue weighted by Crippen LogP contribution is -2.10. The first-order valence-electron chi connectivity index (χ1n) is 8.76. The van der Waals surface area contributed by atoms with Gasteiger partial charge >= 0.3 is 0 Å². The van der Waals surface area contributed by atoms with Gasteiger partial charge in [0, 0.05) is 17.6 Å². The van der Waals surface area contributed by atoms with Crippen LogP contribution < -0.4 is 20.1 Å². The van der Waals surface area contributed by atoms with Crippen molar-refractivity contribution in [3.63, 3.8) is 0 Å². The molecule has 0 unspecified atom stereocenters. The lowest BCUT2D eigenvalue weighted by Gasteiger charge is -2.13. The molecule has 0 spiro atoms. The summed E-state index contributed by atoms with van der Waals surface area (Å²) in [6, 6.07) is 11.6. The molecule has 0 bridgehead atoms. The molecule has 1 aromatic heterocycles. The van der Waals surface area contributed by atoms with E-state index in [0.717, 1.165) is 23.4 Å². The molecule has 0 amide bonds. The second kappa shape index (κ2) is 9.23. The molecule has 3 aromatic rings. The summed E-state index contributed by atoms with van der Waals surface area (Å²) in [5, 5.41) is 15.1. The molecule has 2 N–H and O–H groups in total. The van der Waals surface area contributed by atoms with Crippen molar-refractivity contribution in [2.24, 2.45) is 0 Å². The van der Waals surface area contributed by atoms with Crippen LogP contribution in [0, 0.1) is 6.92 Å². The van der Waals surface area contributed by atoms with Crippen LogP contribution in [0.15, 0.2) is 42.6 Å². The Morgan fingerprint density at radius 3 is 2.57 bits per heavy atom. The maximum Gasteiger partial charge on any atom is 0.244 e. The first-order chi connectivity index (χ1) is 13.6. The number of hydrogen-bond donors (Lipinski definition) is 2. The number of hydrogen-bond acceptors (Lipinski definition) is 7. The number of methoxy groups -OCH3 is 2. The molecular weight excluding hydrogens is 378 g/mol. The summed E-state index contributed by atoms with van der Waals surface area (Å²) in [4.78, 5) is 4.45. The van der Waals surface area contributed by atoms with Gasteiger partial charge in [-0.1, -0.05) is 23.7 Å². The lowest BCUT2D eigenvalue weighted by atomic mass is 10.1. The molecular formula is C20H22ClN5O2. The Morgan fingerprint density at radius 2 is 1.86 bits per heavy atom. The van der Waals surface area contributed by atoms with Crippen molar-refractivity contribution in [2.45, 2.75) is 13.3 Å². The molecule has 3 rings (SSSR count). The Labute approximate surface area is 169 Å². The summed E-state index contributed by atoms with van der Waals surface area (Å²) >= 11 is 6.15. The van der Waals surface area contributed by atoms with E-state index >= 15 is 0 Å². The number of ether oxygens (including phenoxy) is 2. The fourth-order valence-electron chi connectivity index (χ4n) is 2.62. The highest BCUT2D eigenvalue weighted by atomic mass is 35.5. The summed E-state index contributed by atoms with van der Waals surface area (Å²) < 4.78 is 10.5. The van der Waals surface area contributed by atoms with Gasteiger partial charge in [0.25, 0.3) is 0 Å². The van der Waals surface area contributed by atoms with Crippen LogP contribution in [0.5, 0.6) is 11.5 Å². The molecule has 0 aliphatic rings. The number of rotatable bonds is 8. The Bertz CT molecular complexity index is 934. The van der Waals surface area contributed by atoms with E-state index in [1.807, 2.05) is 37.3 Å². The van der Waals surface area contributed by atoms with Crippen LogP contribution in [-0.4, -0.2) is 35.9 Å². The number of anilines is 3. The molecule has 28 heavy (non-hydrogen) atoms. The van der Waals surface area contributed by atoms with Gasteiger partial charge in [0.15, 0.2) is 5.82 Å². The summed E-state index contributed by atoms with van der Waals surface area (Å²) in [5.41, 5.74) is 2.89. The normalized spacial score (nSPS) is 10.4. The number of aromatic nitrogens is 3. The largest absolute Gasteiger partial charge is 0.497 e. The molecule has 0 saturated heterocycles. The van der Waals surface area contributed by atoms with E-state index in [2.05, 4.69) is 25.8 Å². The van der Waals surface area contributed by atoms with Gasteiger partial charge < -0.3 is 20.1 Å². The Balaban J connectivity index is 1.63. The molecule has 1 heterocycles. The zero-order chi connectivity index (χ0) is 19.9. The maximum absolute atomic E-state index is 6.15.